The van der Waals surface area contributed by atoms with Crippen LogP contribution in [0.15, 0.2) is 48.0 Å². The smallest absolute Gasteiger partial charge is 0.295 e. The highest BCUT2D eigenvalue weighted by Gasteiger charge is 2.46. The molecule has 0 bridgehead atoms. The maximum absolute atomic E-state index is 13.1. The summed E-state index contributed by atoms with van der Waals surface area (Å²) >= 11 is 0. The molecule has 0 radical (unpaired) electrons. The second kappa shape index (κ2) is 9.95. The van der Waals surface area contributed by atoms with Crippen LogP contribution in [0.4, 0.5) is 0 Å². The quantitative estimate of drug-likeness (QED) is 0.372. The Balaban J connectivity index is 1.80. The van der Waals surface area contributed by atoms with Gasteiger partial charge in [-0.1, -0.05) is 25.1 Å². The first-order valence-corrected chi connectivity index (χ1v) is 10.9. The van der Waals surface area contributed by atoms with Crippen molar-refractivity contribution < 1.29 is 33.6 Å². The Morgan fingerprint density at radius 3 is 2.64 bits per heavy atom. The minimum Gasteiger partial charge on any atom is -0.507 e. The van der Waals surface area contributed by atoms with E-state index in [-0.39, 0.29) is 24.5 Å². The van der Waals surface area contributed by atoms with Crippen LogP contribution in [0, 0.1) is 0 Å². The van der Waals surface area contributed by atoms with E-state index in [1.54, 1.807) is 42.5 Å². The Morgan fingerprint density at radius 1 is 1.09 bits per heavy atom. The number of carbonyl (C=O) groups excluding carboxylic acids is 2. The number of hydrogen-bond donors (Lipinski definition) is 1. The van der Waals surface area contributed by atoms with Gasteiger partial charge in [-0.25, -0.2) is 0 Å². The van der Waals surface area contributed by atoms with Crippen molar-refractivity contribution in [1.29, 1.82) is 0 Å². The molecule has 1 atom stereocenters. The van der Waals surface area contributed by atoms with E-state index >= 15 is 0 Å². The Hall–Kier alpha value is -3.52. The number of ketones is 1. The van der Waals surface area contributed by atoms with E-state index in [0.29, 0.717) is 48.2 Å². The number of nitrogens with zero attached hydrogens (tertiary/aromatic N) is 1. The van der Waals surface area contributed by atoms with Gasteiger partial charge in [0.1, 0.15) is 24.7 Å². The molecule has 0 aromatic heterocycles. The van der Waals surface area contributed by atoms with Gasteiger partial charge >= 0.3 is 0 Å². The van der Waals surface area contributed by atoms with Crippen LogP contribution in [0.3, 0.4) is 0 Å². The highest BCUT2D eigenvalue weighted by molar-refractivity contribution is 6.46. The zero-order valence-electron chi connectivity index (χ0n) is 18.7. The van der Waals surface area contributed by atoms with Crippen molar-refractivity contribution in [3.63, 3.8) is 0 Å². The SMILES string of the molecule is CCCOc1cccc(/C(O)=C2/C(=O)C(=O)N(CCOC)C2c2ccc3c(c2)OCCO3)c1. The van der Waals surface area contributed by atoms with Gasteiger partial charge in [0.05, 0.1) is 24.8 Å². The third kappa shape index (κ3) is 4.52. The fourth-order valence-corrected chi connectivity index (χ4v) is 3.99. The van der Waals surface area contributed by atoms with E-state index in [1.807, 2.05) is 6.92 Å². The predicted molar refractivity (Wildman–Crippen MR) is 121 cm³/mol. The number of benzene rings is 2. The number of Topliss-reactive ketones (excluding diaryl/α,β-unsaturated/α-hetero) is 1. The first kappa shape index (κ1) is 22.7. The number of rotatable bonds is 8. The summed E-state index contributed by atoms with van der Waals surface area (Å²) in [6.45, 7) is 3.83. The molecule has 2 heterocycles. The van der Waals surface area contributed by atoms with Gasteiger partial charge < -0.3 is 29.0 Å². The first-order chi connectivity index (χ1) is 16.0. The number of aliphatic hydroxyl groups is 1. The molecule has 1 N–H and O–H groups in total. The maximum atomic E-state index is 13.1. The van der Waals surface area contributed by atoms with E-state index in [2.05, 4.69) is 0 Å². The third-order valence-electron chi connectivity index (χ3n) is 5.54. The molecule has 0 spiro atoms. The van der Waals surface area contributed by atoms with Crippen molar-refractivity contribution in [1.82, 2.24) is 4.90 Å². The summed E-state index contributed by atoms with van der Waals surface area (Å²) in [5.74, 6) is 0.0152. The highest BCUT2D eigenvalue weighted by Crippen LogP contribution is 2.42. The lowest BCUT2D eigenvalue weighted by atomic mass is 9.95. The summed E-state index contributed by atoms with van der Waals surface area (Å²) < 4.78 is 22.1. The van der Waals surface area contributed by atoms with Crippen molar-refractivity contribution >= 4 is 17.4 Å². The van der Waals surface area contributed by atoms with E-state index in [4.69, 9.17) is 18.9 Å². The largest absolute Gasteiger partial charge is 0.507 e. The average molecular weight is 453 g/mol. The minimum atomic E-state index is -0.795. The molecule has 1 fully saturated rings. The van der Waals surface area contributed by atoms with Crippen molar-refractivity contribution in [2.24, 2.45) is 0 Å². The van der Waals surface area contributed by atoms with Gasteiger partial charge in [0.15, 0.2) is 11.5 Å². The van der Waals surface area contributed by atoms with Crippen molar-refractivity contribution in [3.8, 4) is 17.2 Å². The van der Waals surface area contributed by atoms with Gasteiger partial charge in [0, 0.05) is 19.2 Å². The van der Waals surface area contributed by atoms with Crippen LogP contribution in [0.1, 0.15) is 30.5 Å². The van der Waals surface area contributed by atoms with Crippen LogP contribution in [-0.4, -0.2) is 61.8 Å². The van der Waals surface area contributed by atoms with Crippen LogP contribution < -0.4 is 14.2 Å². The van der Waals surface area contributed by atoms with Crippen LogP contribution >= 0.6 is 0 Å². The molecule has 2 aromatic rings. The zero-order valence-corrected chi connectivity index (χ0v) is 18.7. The minimum absolute atomic E-state index is 0.0143. The number of fused-ring (bicyclic) bond motifs is 1. The van der Waals surface area contributed by atoms with Gasteiger partial charge in [-0.15, -0.1) is 0 Å². The molecule has 8 heteroatoms. The molecule has 2 aliphatic heterocycles. The number of amides is 1. The van der Waals surface area contributed by atoms with Gasteiger partial charge in [0.25, 0.3) is 11.7 Å². The number of ether oxygens (including phenoxy) is 4. The lowest BCUT2D eigenvalue weighted by Crippen LogP contribution is -2.32. The van der Waals surface area contributed by atoms with E-state index < -0.39 is 17.7 Å². The maximum Gasteiger partial charge on any atom is 0.295 e. The van der Waals surface area contributed by atoms with Crippen LogP contribution in [-0.2, 0) is 14.3 Å². The Kier molecular flexibility index (Phi) is 6.84. The molecule has 2 aliphatic rings. The van der Waals surface area contributed by atoms with Gasteiger partial charge in [-0.05, 0) is 36.2 Å². The molecule has 1 unspecified atom stereocenters. The standard InChI is InChI=1S/C25H27NO7/c1-3-10-31-18-6-4-5-17(14-18)23(27)21-22(26(9-11-30-2)25(29)24(21)28)16-7-8-19-20(15-16)33-13-12-32-19/h4-8,14-15,22,27H,3,9-13H2,1-2H3/b23-21-. The number of hydrogen-bond acceptors (Lipinski definition) is 7. The van der Waals surface area contributed by atoms with Crippen molar-refractivity contribution in [2.75, 3.05) is 40.1 Å². The van der Waals surface area contributed by atoms with Crippen molar-refractivity contribution in [2.45, 2.75) is 19.4 Å². The summed E-state index contributed by atoms with van der Waals surface area (Å²) in [6.07, 6.45) is 0.838. The molecule has 8 nitrogen and oxygen atoms in total. The lowest BCUT2D eigenvalue weighted by molar-refractivity contribution is -0.140. The molecule has 174 valence electrons. The summed E-state index contributed by atoms with van der Waals surface area (Å²) in [7, 11) is 1.53. The number of likely N-dealkylation sites (tertiary alicyclic amines) is 1. The number of methoxy groups -OCH3 is 1. The summed E-state index contributed by atoms with van der Waals surface area (Å²) in [6, 6.07) is 11.3. The normalized spacial score (nSPS) is 19.1. The molecule has 0 aliphatic carbocycles. The molecule has 2 aromatic carbocycles. The summed E-state index contributed by atoms with van der Waals surface area (Å²) in [5, 5.41) is 11.2. The van der Waals surface area contributed by atoms with Gasteiger partial charge in [-0.2, -0.15) is 0 Å². The van der Waals surface area contributed by atoms with E-state index in [9.17, 15) is 14.7 Å². The molecule has 4 rings (SSSR count). The molecular formula is C25H27NO7. The summed E-state index contributed by atoms with van der Waals surface area (Å²) in [4.78, 5) is 27.4. The third-order valence-corrected chi connectivity index (χ3v) is 5.54. The molecule has 0 saturated carbocycles. The monoisotopic (exact) mass is 453 g/mol. The zero-order chi connectivity index (χ0) is 23.4. The van der Waals surface area contributed by atoms with Crippen LogP contribution in [0.25, 0.3) is 5.76 Å². The fraction of sp³-hybridized carbons (Fsp3) is 0.360. The molecular weight excluding hydrogens is 426 g/mol. The van der Waals surface area contributed by atoms with Gasteiger partial charge in [0.2, 0.25) is 0 Å². The van der Waals surface area contributed by atoms with Crippen LogP contribution in [0.2, 0.25) is 0 Å². The predicted octanol–water partition coefficient (Wildman–Crippen LogP) is 3.31. The van der Waals surface area contributed by atoms with Gasteiger partial charge in [-0.3, -0.25) is 9.59 Å². The van der Waals surface area contributed by atoms with Crippen LogP contribution in [0.5, 0.6) is 17.2 Å². The highest BCUT2D eigenvalue weighted by atomic mass is 16.6. The first-order valence-electron chi connectivity index (χ1n) is 10.9. The Labute approximate surface area is 192 Å². The number of carbonyl (C=O) groups is 2. The Bertz CT molecular complexity index is 1080. The van der Waals surface area contributed by atoms with E-state index in [1.165, 1.54) is 12.0 Å². The van der Waals surface area contributed by atoms with E-state index in [0.717, 1.165) is 6.42 Å². The molecule has 1 amide bonds. The second-order valence-corrected chi connectivity index (χ2v) is 7.76. The fourth-order valence-electron chi connectivity index (χ4n) is 3.99. The summed E-state index contributed by atoms with van der Waals surface area (Å²) in [5.41, 5.74) is 1.05. The number of aliphatic hydroxyl groups excluding tert-OH is 1. The lowest BCUT2D eigenvalue weighted by Gasteiger charge is -2.26. The molecule has 33 heavy (non-hydrogen) atoms. The Morgan fingerprint density at radius 2 is 1.88 bits per heavy atom. The topological polar surface area (TPSA) is 94.5 Å². The molecule has 1 saturated heterocycles. The van der Waals surface area contributed by atoms with Crippen molar-refractivity contribution in [3.05, 3.63) is 59.2 Å². The average Bonchev–Trinajstić information content (AvgIpc) is 3.10. The second-order valence-electron chi connectivity index (χ2n) is 7.76.